The summed E-state index contributed by atoms with van der Waals surface area (Å²) in [5.41, 5.74) is 4.75. The van der Waals surface area contributed by atoms with Gasteiger partial charge in [0.25, 0.3) is 0 Å². The molecule has 11 heteroatoms. The number of anilines is 3. The van der Waals surface area contributed by atoms with Crippen LogP contribution in [0.5, 0.6) is 0 Å². The number of amides is 2. The number of aryl methyl sites for hydroxylation is 1. The smallest absolute Gasteiger partial charge is 0.230 e. The van der Waals surface area contributed by atoms with Crippen molar-refractivity contribution in [2.24, 2.45) is 17.8 Å². The van der Waals surface area contributed by atoms with Crippen molar-refractivity contribution in [1.82, 2.24) is 29.3 Å². The SMILES string of the molecule is Cc1ccnc([C@H]2C[C@@H]2C(=O)Nc2cc(NCc3cn4cc(C5CC5)cc(N5C[C@@H]6C[C@@H]6C5=O)c4n3)ncn2)n1. The van der Waals surface area contributed by atoms with Crippen LogP contribution >= 0.6 is 0 Å². The summed E-state index contributed by atoms with van der Waals surface area (Å²) in [6.07, 6.45) is 11.5. The van der Waals surface area contributed by atoms with E-state index in [4.69, 9.17) is 4.98 Å². The van der Waals surface area contributed by atoms with E-state index < -0.39 is 0 Å². The minimum Gasteiger partial charge on any atom is -0.364 e. The lowest BCUT2D eigenvalue weighted by Crippen LogP contribution is -2.28. The van der Waals surface area contributed by atoms with Crippen molar-refractivity contribution in [3.8, 4) is 0 Å². The number of imidazole rings is 1. The van der Waals surface area contributed by atoms with E-state index in [0.29, 0.717) is 30.0 Å². The highest BCUT2D eigenvalue weighted by atomic mass is 16.2. The predicted octanol–water partition coefficient (Wildman–Crippen LogP) is 3.44. The normalized spacial score (nSPS) is 24.7. The molecule has 2 amide bonds. The van der Waals surface area contributed by atoms with E-state index in [1.165, 1.54) is 24.7 Å². The van der Waals surface area contributed by atoms with Crippen LogP contribution in [0.3, 0.4) is 0 Å². The van der Waals surface area contributed by atoms with E-state index >= 15 is 0 Å². The molecular formula is C29H29N9O2. The van der Waals surface area contributed by atoms with Crippen LogP contribution in [0.15, 0.2) is 43.1 Å². The molecule has 0 aromatic carbocycles. The highest BCUT2D eigenvalue weighted by Crippen LogP contribution is 2.49. The van der Waals surface area contributed by atoms with E-state index in [2.05, 4.69) is 47.2 Å². The first-order chi connectivity index (χ1) is 19.5. The fourth-order valence-corrected chi connectivity index (χ4v) is 5.91. The maximum atomic E-state index is 12.9. The molecule has 3 aliphatic carbocycles. The van der Waals surface area contributed by atoms with Crippen molar-refractivity contribution < 1.29 is 9.59 Å². The first-order valence-corrected chi connectivity index (χ1v) is 14.0. The van der Waals surface area contributed by atoms with Crippen LogP contribution in [0.1, 0.15) is 60.3 Å². The van der Waals surface area contributed by atoms with Gasteiger partial charge in [0.15, 0.2) is 5.65 Å². The van der Waals surface area contributed by atoms with Crippen molar-refractivity contribution >= 4 is 34.8 Å². The predicted molar refractivity (Wildman–Crippen MR) is 147 cm³/mol. The zero-order valence-corrected chi connectivity index (χ0v) is 22.1. The van der Waals surface area contributed by atoms with Crippen LogP contribution in [-0.2, 0) is 16.1 Å². The molecule has 4 aromatic rings. The van der Waals surface area contributed by atoms with Crippen LogP contribution in [0, 0.1) is 24.7 Å². The number of nitrogens with one attached hydrogen (secondary N) is 2. The van der Waals surface area contributed by atoms with Gasteiger partial charge in [-0.1, -0.05) is 0 Å². The summed E-state index contributed by atoms with van der Waals surface area (Å²) in [7, 11) is 0. The van der Waals surface area contributed by atoms with Gasteiger partial charge in [-0.3, -0.25) is 9.59 Å². The molecule has 4 aliphatic rings. The number of hydrogen-bond donors (Lipinski definition) is 2. The minimum atomic E-state index is -0.158. The lowest BCUT2D eigenvalue weighted by Gasteiger charge is -2.20. The van der Waals surface area contributed by atoms with Gasteiger partial charge in [-0.25, -0.2) is 24.9 Å². The van der Waals surface area contributed by atoms with Crippen LogP contribution in [0.4, 0.5) is 17.3 Å². The second-order valence-corrected chi connectivity index (χ2v) is 11.6. The number of hydrogen-bond acceptors (Lipinski definition) is 8. The summed E-state index contributed by atoms with van der Waals surface area (Å²) in [5, 5.41) is 6.21. The van der Waals surface area contributed by atoms with Gasteiger partial charge in [0.2, 0.25) is 11.8 Å². The molecule has 4 atom stereocenters. The Kier molecular flexibility index (Phi) is 5.17. The van der Waals surface area contributed by atoms with Gasteiger partial charge in [-0.15, -0.1) is 0 Å². The molecule has 0 spiro atoms. The highest BCUT2D eigenvalue weighted by molar-refractivity contribution is 6.02. The molecule has 0 bridgehead atoms. The quantitative estimate of drug-likeness (QED) is 0.351. The van der Waals surface area contributed by atoms with Crippen molar-refractivity contribution in [3.05, 3.63) is 65.9 Å². The Balaban J connectivity index is 0.962. The zero-order chi connectivity index (χ0) is 27.0. The molecular weight excluding hydrogens is 506 g/mol. The molecule has 0 unspecified atom stereocenters. The van der Waals surface area contributed by atoms with Crippen LogP contribution in [0.25, 0.3) is 5.65 Å². The lowest BCUT2D eigenvalue weighted by atomic mass is 10.1. The molecule has 40 heavy (non-hydrogen) atoms. The minimum absolute atomic E-state index is 0.0429. The van der Waals surface area contributed by atoms with Crippen LogP contribution in [0.2, 0.25) is 0 Å². The molecule has 1 aliphatic heterocycles. The van der Waals surface area contributed by atoms with Gasteiger partial charge in [0.1, 0.15) is 23.8 Å². The number of carbonyl (C=O) groups excluding carboxylic acids is 2. The second-order valence-electron chi connectivity index (χ2n) is 11.6. The topological polar surface area (TPSA) is 130 Å². The van der Waals surface area contributed by atoms with Crippen molar-refractivity contribution in [1.29, 1.82) is 0 Å². The lowest BCUT2D eigenvalue weighted by molar-refractivity contribution is -0.119. The van der Waals surface area contributed by atoms with E-state index in [9.17, 15) is 9.59 Å². The van der Waals surface area contributed by atoms with Gasteiger partial charge in [0, 0.05) is 54.6 Å². The number of fused-ring (bicyclic) bond motifs is 2. The Morgan fingerprint density at radius 2 is 1.93 bits per heavy atom. The first kappa shape index (κ1) is 23.5. The number of rotatable bonds is 8. The Hall–Kier alpha value is -4.41. The fourth-order valence-electron chi connectivity index (χ4n) is 5.91. The monoisotopic (exact) mass is 535 g/mol. The maximum Gasteiger partial charge on any atom is 0.230 e. The average molecular weight is 536 g/mol. The Morgan fingerprint density at radius 1 is 1.05 bits per heavy atom. The molecule has 4 aromatic heterocycles. The van der Waals surface area contributed by atoms with Crippen LogP contribution in [-0.4, -0.2) is 47.7 Å². The van der Waals surface area contributed by atoms with Crippen molar-refractivity contribution in [3.63, 3.8) is 0 Å². The molecule has 4 fully saturated rings. The van der Waals surface area contributed by atoms with E-state index in [-0.39, 0.29) is 29.6 Å². The summed E-state index contributed by atoms with van der Waals surface area (Å²) >= 11 is 0. The molecule has 2 N–H and O–H groups in total. The summed E-state index contributed by atoms with van der Waals surface area (Å²) < 4.78 is 2.06. The summed E-state index contributed by atoms with van der Waals surface area (Å²) in [5.74, 6) is 3.06. The number of aromatic nitrogens is 6. The summed E-state index contributed by atoms with van der Waals surface area (Å²) in [4.78, 5) is 49.9. The number of pyridine rings is 1. The molecule has 0 radical (unpaired) electrons. The largest absolute Gasteiger partial charge is 0.364 e. The Labute approximate surface area is 230 Å². The average Bonchev–Trinajstić information content (AvgIpc) is 3.85. The summed E-state index contributed by atoms with van der Waals surface area (Å²) in [6.45, 7) is 3.16. The number of nitrogens with zero attached hydrogens (tertiary/aromatic N) is 7. The van der Waals surface area contributed by atoms with Gasteiger partial charge in [0.05, 0.1) is 17.9 Å². The highest BCUT2D eigenvalue weighted by Gasteiger charge is 2.53. The third kappa shape index (κ3) is 4.25. The first-order valence-electron chi connectivity index (χ1n) is 14.0. The maximum absolute atomic E-state index is 12.9. The van der Waals surface area contributed by atoms with Gasteiger partial charge in [-0.05, 0) is 62.1 Å². The van der Waals surface area contributed by atoms with E-state index in [1.807, 2.05) is 24.1 Å². The molecule has 3 saturated carbocycles. The van der Waals surface area contributed by atoms with Gasteiger partial charge < -0.3 is 19.9 Å². The second kappa shape index (κ2) is 8.80. The Morgan fingerprint density at radius 3 is 2.73 bits per heavy atom. The van der Waals surface area contributed by atoms with Gasteiger partial charge in [-0.2, -0.15) is 0 Å². The Bertz CT molecular complexity index is 1680. The molecule has 1 saturated heterocycles. The molecule has 202 valence electrons. The van der Waals surface area contributed by atoms with E-state index in [1.54, 1.807) is 12.3 Å². The molecule has 5 heterocycles. The number of piperidine rings is 1. The van der Waals surface area contributed by atoms with Crippen molar-refractivity contribution in [2.45, 2.75) is 51.0 Å². The molecule has 11 nitrogen and oxygen atoms in total. The third-order valence-corrected chi connectivity index (χ3v) is 8.51. The van der Waals surface area contributed by atoms with E-state index in [0.717, 1.165) is 47.9 Å². The number of carbonyl (C=O) groups is 2. The third-order valence-electron chi connectivity index (χ3n) is 8.51. The zero-order valence-electron chi connectivity index (χ0n) is 22.1. The summed E-state index contributed by atoms with van der Waals surface area (Å²) in [6, 6.07) is 5.75. The van der Waals surface area contributed by atoms with Crippen LogP contribution < -0.4 is 15.5 Å². The molecule has 8 rings (SSSR count). The fraction of sp³-hybridized carbons (Fsp3) is 0.414. The van der Waals surface area contributed by atoms with Crippen molar-refractivity contribution in [2.75, 3.05) is 22.1 Å². The van der Waals surface area contributed by atoms with Gasteiger partial charge >= 0.3 is 0 Å². The standard InChI is InChI=1S/C29H29N9O2/c1-15-4-5-30-26(34-15)21-8-22(21)28(39)36-25-9-24(32-14-33-25)31-10-19-13-37-11-17(16-2-3-16)7-23(27(37)35-19)38-12-18-6-20(18)29(38)40/h4-5,7,9,11,13-14,16,18,20-22H,2-3,6,8,10,12H2,1H3,(H2,31,32,33,36,39)/t18-,20-,21-,22-/m0/s1.